The van der Waals surface area contributed by atoms with Crippen LogP contribution in [0.5, 0.6) is 0 Å². The second kappa shape index (κ2) is 19.3. The van der Waals surface area contributed by atoms with Gasteiger partial charge in [0, 0.05) is 85.9 Å². The quantitative estimate of drug-likeness (QED) is 0.0251. The van der Waals surface area contributed by atoms with Crippen LogP contribution in [0, 0.1) is 5.41 Å². The summed E-state index contributed by atoms with van der Waals surface area (Å²) in [5, 5.41) is 17.8. The number of hydrogen-bond donors (Lipinski definition) is 7. The van der Waals surface area contributed by atoms with Crippen molar-refractivity contribution in [1.82, 2.24) is 25.4 Å². The van der Waals surface area contributed by atoms with Gasteiger partial charge < -0.3 is 35.6 Å². The zero-order chi connectivity index (χ0) is 44.8. The molecule has 328 valence electrons. The van der Waals surface area contributed by atoms with E-state index in [2.05, 4.69) is 38.7 Å². The largest absolute Gasteiger partial charge is 0.453 e. The summed E-state index contributed by atoms with van der Waals surface area (Å²) in [4.78, 5) is 38.8. The number of carbonyl (C=O) groups excluding carboxylic acids is 3. The normalized spacial score (nSPS) is 11.9. The molecule has 8 N–H and O–H groups in total. The number of nitrogens with two attached hydrogens (primary N) is 1. The number of fused-ring (bicyclic) bond motifs is 3. The van der Waals surface area contributed by atoms with E-state index in [4.69, 9.17) is 15.6 Å². The van der Waals surface area contributed by atoms with Gasteiger partial charge in [0.2, 0.25) is 11.8 Å². The number of aromatic nitrogens is 1. The van der Waals surface area contributed by atoms with Gasteiger partial charge in [-0.25, -0.2) is 0 Å². The van der Waals surface area contributed by atoms with E-state index in [1.165, 1.54) is 29.2 Å². The van der Waals surface area contributed by atoms with E-state index in [1.54, 1.807) is 25.2 Å². The third kappa shape index (κ3) is 10.1. The van der Waals surface area contributed by atoms with Crippen LogP contribution in [0.3, 0.4) is 0 Å². The van der Waals surface area contributed by atoms with Crippen molar-refractivity contribution in [2.75, 3.05) is 39.5 Å². The predicted molar refractivity (Wildman–Crippen MR) is 234 cm³/mol. The number of rotatable bonds is 19. The van der Waals surface area contributed by atoms with Gasteiger partial charge in [-0.3, -0.25) is 28.9 Å². The van der Waals surface area contributed by atoms with E-state index in [9.17, 15) is 40.3 Å². The molecule has 1 aliphatic carbocycles. The minimum absolute atomic E-state index is 0.00742. The summed E-state index contributed by atoms with van der Waals surface area (Å²) < 4.78 is 78.3. The molecule has 2 heterocycles. The Hall–Kier alpha value is -6.12. The van der Waals surface area contributed by atoms with Crippen LogP contribution >= 0.6 is 0 Å². The third-order valence-corrected chi connectivity index (χ3v) is 12.4. The van der Waals surface area contributed by atoms with Gasteiger partial charge in [0.1, 0.15) is 0 Å². The molecule has 0 saturated heterocycles. The second-order valence-electron chi connectivity index (χ2n) is 14.9. The first kappa shape index (κ1) is 45.4. The summed E-state index contributed by atoms with van der Waals surface area (Å²) in [6, 6.07) is 21.6. The number of anilines is 1. The fourth-order valence-electron chi connectivity index (χ4n) is 7.60. The van der Waals surface area contributed by atoms with Crippen LogP contribution < -0.4 is 27.0 Å². The molecule has 0 saturated carbocycles. The maximum Gasteiger partial charge on any atom is 0.300 e. The average molecular weight is 888 g/mol. The van der Waals surface area contributed by atoms with Crippen molar-refractivity contribution < 1.29 is 44.7 Å². The van der Waals surface area contributed by atoms with Gasteiger partial charge in [-0.2, -0.15) is 16.8 Å². The molecule has 0 radical (unpaired) electrons. The highest BCUT2D eigenvalue weighted by Crippen LogP contribution is 2.45. The van der Waals surface area contributed by atoms with Crippen molar-refractivity contribution in [3.8, 4) is 22.5 Å². The molecular weight excluding hydrogens is 839 g/mol. The van der Waals surface area contributed by atoms with Gasteiger partial charge in [0.15, 0.2) is 21.1 Å². The number of para-hydroxylation sites is 1. The van der Waals surface area contributed by atoms with Gasteiger partial charge in [-0.05, 0) is 86.1 Å². The number of nitrogen functional groups attached to an aromatic ring is 1. The van der Waals surface area contributed by atoms with Gasteiger partial charge in [-0.1, -0.05) is 36.4 Å². The molecule has 4 aromatic rings. The number of amides is 3. The molecule has 2 aliphatic rings. The number of unbranched alkanes of at least 4 members (excludes halogenated alkanes) is 2. The van der Waals surface area contributed by atoms with Crippen molar-refractivity contribution in [1.29, 1.82) is 5.41 Å². The minimum atomic E-state index is -5.12. The number of hydrogen-bond acceptors (Lipinski definition) is 11. The summed E-state index contributed by atoms with van der Waals surface area (Å²) in [6.07, 6.45) is 3.13. The number of benzene rings is 4. The number of nitrogens with one attached hydrogen (secondary N) is 4. The fourth-order valence-corrected chi connectivity index (χ4v) is 9.08. The smallest absolute Gasteiger partial charge is 0.300 e. The highest BCUT2D eigenvalue weighted by molar-refractivity contribution is 7.86. The molecule has 62 heavy (non-hydrogen) atoms. The maximum atomic E-state index is 14.0. The lowest BCUT2D eigenvalue weighted by atomic mass is 9.90. The number of nitrogens with zero attached hydrogens (tertiary/aromatic N) is 2. The minimum Gasteiger partial charge on any atom is -0.453 e. The molecule has 3 amide bonds. The Morgan fingerprint density at radius 1 is 0.806 bits per heavy atom. The lowest BCUT2D eigenvalue weighted by molar-refractivity contribution is -0.122. The van der Waals surface area contributed by atoms with Gasteiger partial charge in [0.25, 0.3) is 26.1 Å². The van der Waals surface area contributed by atoms with E-state index < -0.39 is 58.3 Å². The second-order valence-corrected chi connectivity index (χ2v) is 17.6. The van der Waals surface area contributed by atoms with Crippen molar-refractivity contribution in [2.24, 2.45) is 0 Å². The SMILES string of the molecule is CNCc1cc2ccccc2n1CCC(=O)NCCCCCNC(=O)CCCN(C)C(=O)c1ccccc1-c1c2ccc(=N)c(S(=O)(=O)O)c-2oc2c(S(=O)(=O)O)c(N)ccc12. The summed E-state index contributed by atoms with van der Waals surface area (Å²) in [5.41, 5.74) is 7.61. The fraction of sp³-hybridized carbons (Fsp3) is 0.302. The Balaban J connectivity index is 1.03. The third-order valence-electron chi connectivity index (χ3n) is 10.5. The predicted octanol–water partition coefficient (Wildman–Crippen LogP) is 4.78. The Labute approximate surface area is 358 Å². The zero-order valence-electron chi connectivity index (χ0n) is 34.2. The molecule has 0 spiro atoms. The molecule has 6 rings (SSSR count). The lowest BCUT2D eigenvalue weighted by Crippen LogP contribution is -2.30. The Morgan fingerprint density at radius 3 is 2.16 bits per heavy atom. The topological polar surface area (TPSA) is 267 Å². The van der Waals surface area contributed by atoms with E-state index in [1.807, 2.05) is 19.2 Å². The molecule has 3 aromatic carbocycles. The van der Waals surface area contributed by atoms with Gasteiger partial charge >= 0.3 is 0 Å². The van der Waals surface area contributed by atoms with Crippen LogP contribution in [0.1, 0.15) is 54.6 Å². The van der Waals surface area contributed by atoms with Crippen LogP contribution in [-0.4, -0.2) is 86.9 Å². The van der Waals surface area contributed by atoms with Crippen molar-refractivity contribution in [3.63, 3.8) is 0 Å². The molecule has 19 heteroatoms. The first-order valence-electron chi connectivity index (χ1n) is 19.9. The molecule has 0 unspecified atom stereocenters. The Kier molecular flexibility index (Phi) is 14.1. The van der Waals surface area contributed by atoms with Crippen molar-refractivity contribution in [3.05, 3.63) is 95.5 Å². The van der Waals surface area contributed by atoms with Gasteiger partial charge in [0.05, 0.1) is 11.0 Å². The molecule has 0 atom stereocenters. The first-order chi connectivity index (χ1) is 29.5. The maximum absolute atomic E-state index is 14.0. The molecule has 0 bridgehead atoms. The molecular formula is C43H49N7O10S2. The lowest BCUT2D eigenvalue weighted by Gasteiger charge is -2.22. The average Bonchev–Trinajstić information content (AvgIpc) is 3.57. The Bertz CT molecular complexity index is 2910. The van der Waals surface area contributed by atoms with E-state index in [0.717, 1.165) is 41.9 Å². The van der Waals surface area contributed by atoms with Crippen molar-refractivity contribution >= 4 is 65.5 Å². The summed E-state index contributed by atoms with van der Waals surface area (Å²) >= 11 is 0. The molecule has 1 aliphatic heterocycles. The standard InChI is InChI=1S/C43H49N7O10S2/c1-46-26-28-25-27-11-4-7-14-35(27)50(28)24-20-37(52)48-22-9-3-8-21-47-36(51)15-10-23-49(2)43(53)30-13-6-5-12-29(30)38-31-16-18-33(44)41(61(54,55)56)39(31)60-40-32(38)17-19-34(45)42(40)62(57,58)59/h4-7,11-14,16-19,25,44,46H,3,8-10,15,20-24,26,45H2,1-2H3,(H,47,51)(H,48,52)(H,54,55,56)(H,57,58,59). The highest BCUT2D eigenvalue weighted by Gasteiger charge is 2.32. The summed E-state index contributed by atoms with van der Waals surface area (Å²) in [7, 11) is -6.75. The van der Waals surface area contributed by atoms with E-state index in [0.29, 0.717) is 39.0 Å². The first-order valence-corrected chi connectivity index (χ1v) is 22.8. The highest BCUT2D eigenvalue weighted by atomic mass is 32.2. The molecule has 0 fully saturated rings. The van der Waals surface area contributed by atoms with Crippen LogP contribution in [0.15, 0.2) is 93.1 Å². The molecule has 1 aromatic heterocycles. The van der Waals surface area contributed by atoms with Crippen LogP contribution in [0.4, 0.5) is 5.69 Å². The monoisotopic (exact) mass is 887 g/mol. The summed E-state index contributed by atoms with van der Waals surface area (Å²) in [5.74, 6) is -1.28. The van der Waals surface area contributed by atoms with Crippen LogP contribution in [-0.2, 0) is 42.9 Å². The van der Waals surface area contributed by atoms with Crippen molar-refractivity contribution in [2.45, 2.75) is 61.4 Å². The van der Waals surface area contributed by atoms with Crippen LogP contribution in [0.25, 0.3) is 44.3 Å². The number of aryl methyl sites for hydroxylation is 1. The van der Waals surface area contributed by atoms with E-state index >= 15 is 0 Å². The van der Waals surface area contributed by atoms with E-state index in [-0.39, 0.29) is 52.4 Å². The molecule has 17 nitrogen and oxygen atoms in total. The summed E-state index contributed by atoms with van der Waals surface area (Å²) in [6.45, 7) is 2.46. The number of carbonyl (C=O) groups is 3. The zero-order valence-corrected chi connectivity index (χ0v) is 35.9. The van der Waals surface area contributed by atoms with Gasteiger partial charge in [-0.15, -0.1) is 0 Å². The Morgan fingerprint density at radius 2 is 1.47 bits per heavy atom. The van der Waals surface area contributed by atoms with Crippen LogP contribution in [0.2, 0.25) is 0 Å².